The van der Waals surface area contributed by atoms with Gasteiger partial charge in [-0.05, 0) is 56.2 Å². The Kier molecular flexibility index (Phi) is 5.01. The summed E-state index contributed by atoms with van der Waals surface area (Å²) in [4.78, 5) is 12.0. The molecule has 0 radical (unpaired) electrons. The van der Waals surface area contributed by atoms with Crippen molar-refractivity contribution in [2.24, 2.45) is 0 Å². The molecule has 1 aromatic carbocycles. The minimum atomic E-state index is -0.804. The van der Waals surface area contributed by atoms with Gasteiger partial charge in [-0.25, -0.2) is 4.79 Å². The predicted octanol–water partition coefficient (Wildman–Crippen LogP) is 2.48. The Morgan fingerprint density at radius 3 is 2.45 bits per heavy atom. The van der Waals surface area contributed by atoms with Gasteiger partial charge in [0.25, 0.3) is 0 Å². The van der Waals surface area contributed by atoms with Crippen LogP contribution in [0, 0.1) is 0 Å². The van der Waals surface area contributed by atoms with E-state index in [1.807, 2.05) is 24.3 Å². The third kappa shape index (κ3) is 3.31. The van der Waals surface area contributed by atoms with E-state index < -0.39 is 5.60 Å². The average molecular weight is 278 g/mol. The minimum Gasteiger partial charge on any atom is -0.476 e. The zero-order valence-electron chi connectivity index (χ0n) is 11.9. The number of aliphatic hydroxyl groups excluding tert-OH is 1. The molecule has 0 unspecified atom stereocenters. The zero-order chi connectivity index (χ0) is 14.4. The molecule has 0 spiro atoms. The fraction of sp³-hybridized carbons (Fsp3) is 0.562. The van der Waals surface area contributed by atoms with Crippen LogP contribution in [0.2, 0.25) is 0 Å². The first kappa shape index (κ1) is 14.9. The summed E-state index contributed by atoms with van der Waals surface area (Å²) in [6.07, 6.45) is 5.01. The number of methoxy groups -OCH3 is 1. The van der Waals surface area contributed by atoms with Gasteiger partial charge in [0.05, 0.1) is 7.11 Å². The van der Waals surface area contributed by atoms with Gasteiger partial charge in [-0.2, -0.15) is 0 Å². The molecule has 1 aromatic rings. The molecule has 1 fully saturated rings. The average Bonchev–Trinajstić information content (AvgIpc) is 2.95. The molecular formula is C16H22O4. The molecule has 0 amide bonds. The lowest BCUT2D eigenvalue weighted by Gasteiger charge is -2.27. The molecule has 1 aliphatic rings. The summed E-state index contributed by atoms with van der Waals surface area (Å²) >= 11 is 0. The molecule has 0 saturated heterocycles. The van der Waals surface area contributed by atoms with Crippen LogP contribution < -0.4 is 4.74 Å². The number of carbonyl (C=O) groups excluding carboxylic acids is 1. The van der Waals surface area contributed by atoms with Gasteiger partial charge < -0.3 is 14.6 Å². The van der Waals surface area contributed by atoms with E-state index in [0.717, 1.165) is 31.2 Å². The smallest absolute Gasteiger partial charge is 0.350 e. The number of esters is 1. The molecule has 110 valence electrons. The van der Waals surface area contributed by atoms with Crippen LogP contribution in [0.25, 0.3) is 0 Å². The third-order valence-electron chi connectivity index (χ3n) is 3.83. The minimum absolute atomic E-state index is 0.198. The molecule has 2 rings (SSSR count). The summed E-state index contributed by atoms with van der Waals surface area (Å²) in [5.74, 6) is 0.421. The van der Waals surface area contributed by atoms with Crippen molar-refractivity contribution in [3.05, 3.63) is 29.8 Å². The van der Waals surface area contributed by atoms with Crippen LogP contribution in [-0.2, 0) is 16.0 Å². The number of rotatable bonds is 6. The maximum absolute atomic E-state index is 12.0. The van der Waals surface area contributed by atoms with E-state index in [9.17, 15) is 4.79 Å². The standard InChI is InChI=1S/C16H22O4/c1-19-15(18)16(10-2-3-11-16)20-14-8-6-13(7-9-14)5-4-12-17/h6-9,17H,2-5,10-12H2,1H3. The fourth-order valence-corrected chi connectivity index (χ4v) is 2.71. The van der Waals surface area contributed by atoms with Crippen molar-refractivity contribution in [2.75, 3.05) is 13.7 Å². The largest absolute Gasteiger partial charge is 0.476 e. The highest BCUT2D eigenvalue weighted by molar-refractivity contribution is 5.80. The van der Waals surface area contributed by atoms with Crippen LogP contribution in [0.1, 0.15) is 37.7 Å². The van der Waals surface area contributed by atoms with Crippen LogP contribution in [0.15, 0.2) is 24.3 Å². The van der Waals surface area contributed by atoms with Crippen LogP contribution in [0.3, 0.4) is 0 Å². The predicted molar refractivity (Wildman–Crippen MR) is 75.7 cm³/mol. The van der Waals surface area contributed by atoms with E-state index >= 15 is 0 Å². The number of hydrogen-bond acceptors (Lipinski definition) is 4. The van der Waals surface area contributed by atoms with E-state index in [0.29, 0.717) is 18.6 Å². The van der Waals surface area contributed by atoms with Crippen LogP contribution in [0.5, 0.6) is 5.75 Å². The van der Waals surface area contributed by atoms with Gasteiger partial charge in [0.15, 0.2) is 0 Å². The van der Waals surface area contributed by atoms with E-state index in [-0.39, 0.29) is 12.6 Å². The van der Waals surface area contributed by atoms with Gasteiger partial charge >= 0.3 is 5.97 Å². The Morgan fingerprint density at radius 1 is 1.25 bits per heavy atom. The molecular weight excluding hydrogens is 256 g/mol. The Hall–Kier alpha value is -1.55. The lowest BCUT2D eigenvalue weighted by Crippen LogP contribution is -2.42. The summed E-state index contributed by atoms with van der Waals surface area (Å²) in [6, 6.07) is 7.72. The van der Waals surface area contributed by atoms with Gasteiger partial charge in [0, 0.05) is 6.61 Å². The van der Waals surface area contributed by atoms with E-state index in [2.05, 4.69) is 0 Å². The van der Waals surface area contributed by atoms with Gasteiger partial charge in [-0.1, -0.05) is 12.1 Å². The Bertz CT molecular complexity index is 432. The molecule has 0 atom stereocenters. The summed E-state index contributed by atoms with van der Waals surface area (Å²) in [5, 5.41) is 8.82. The molecule has 1 aliphatic carbocycles. The van der Waals surface area contributed by atoms with Crippen molar-refractivity contribution in [1.29, 1.82) is 0 Å². The molecule has 0 aliphatic heterocycles. The second kappa shape index (κ2) is 6.75. The highest BCUT2D eigenvalue weighted by Gasteiger charge is 2.44. The maximum atomic E-state index is 12.0. The highest BCUT2D eigenvalue weighted by atomic mass is 16.6. The number of aliphatic hydroxyl groups is 1. The monoisotopic (exact) mass is 278 g/mol. The first-order chi connectivity index (χ1) is 9.70. The van der Waals surface area contributed by atoms with Crippen molar-refractivity contribution in [3.63, 3.8) is 0 Å². The molecule has 4 nitrogen and oxygen atoms in total. The topological polar surface area (TPSA) is 55.8 Å². The first-order valence-electron chi connectivity index (χ1n) is 7.17. The Morgan fingerprint density at radius 2 is 1.90 bits per heavy atom. The number of hydrogen-bond donors (Lipinski definition) is 1. The van der Waals surface area contributed by atoms with E-state index in [1.54, 1.807) is 0 Å². The SMILES string of the molecule is COC(=O)C1(Oc2ccc(CCCO)cc2)CCCC1. The normalized spacial score (nSPS) is 16.9. The van der Waals surface area contributed by atoms with Crippen molar-refractivity contribution >= 4 is 5.97 Å². The van der Waals surface area contributed by atoms with Gasteiger partial charge in [-0.15, -0.1) is 0 Å². The van der Waals surface area contributed by atoms with Crippen LogP contribution >= 0.6 is 0 Å². The first-order valence-corrected chi connectivity index (χ1v) is 7.17. The molecule has 0 aromatic heterocycles. The summed E-state index contributed by atoms with van der Waals surface area (Å²) < 4.78 is 10.8. The van der Waals surface area contributed by atoms with Gasteiger partial charge in [0.2, 0.25) is 5.60 Å². The molecule has 0 heterocycles. The molecule has 0 bridgehead atoms. The lowest BCUT2D eigenvalue weighted by atomic mass is 10.0. The lowest BCUT2D eigenvalue weighted by molar-refractivity contribution is -0.158. The quantitative estimate of drug-likeness (QED) is 0.812. The second-order valence-electron chi connectivity index (χ2n) is 5.27. The van der Waals surface area contributed by atoms with Crippen molar-refractivity contribution < 1.29 is 19.4 Å². The van der Waals surface area contributed by atoms with E-state index in [1.165, 1.54) is 7.11 Å². The van der Waals surface area contributed by atoms with Crippen molar-refractivity contribution in [1.82, 2.24) is 0 Å². The molecule has 20 heavy (non-hydrogen) atoms. The number of benzene rings is 1. The highest BCUT2D eigenvalue weighted by Crippen LogP contribution is 2.35. The number of ether oxygens (including phenoxy) is 2. The van der Waals surface area contributed by atoms with E-state index in [4.69, 9.17) is 14.6 Å². The zero-order valence-corrected chi connectivity index (χ0v) is 11.9. The third-order valence-corrected chi connectivity index (χ3v) is 3.83. The molecule has 1 N–H and O–H groups in total. The molecule has 1 saturated carbocycles. The second-order valence-corrected chi connectivity index (χ2v) is 5.27. The van der Waals surface area contributed by atoms with Gasteiger partial charge in [-0.3, -0.25) is 0 Å². The summed E-state index contributed by atoms with van der Waals surface area (Å²) in [6.45, 7) is 0.198. The number of carbonyl (C=O) groups is 1. The van der Waals surface area contributed by atoms with Crippen molar-refractivity contribution in [2.45, 2.75) is 44.1 Å². The van der Waals surface area contributed by atoms with Crippen LogP contribution in [-0.4, -0.2) is 30.4 Å². The summed E-state index contributed by atoms with van der Waals surface area (Å²) in [5.41, 5.74) is 0.353. The van der Waals surface area contributed by atoms with Crippen molar-refractivity contribution in [3.8, 4) is 5.75 Å². The van der Waals surface area contributed by atoms with Gasteiger partial charge in [0.1, 0.15) is 5.75 Å². The Labute approximate surface area is 119 Å². The fourth-order valence-electron chi connectivity index (χ4n) is 2.71. The summed E-state index contributed by atoms with van der Waals surface area (Å²) in [7, 11) is 1.41. The Balaban J connectivity index is 2.05. The maximum Gasteiger partial charge on any atom is 0.350 e. The molecule has 4 heteroatoms. The number of aryl methyl sites for hydroxylation is 1. The van der Waals surface area contributed by atoms with Crippen LogP contribution in [0.4, 0.5) is 0 Å².